The largest absolute Gasteiger partial charge is 0.481 e. The van der Waals surface area contributed by atoms with Crippen molar-refractivity contribution >= 4 is 21.9 Å². The van der Waals surface area contributed by atoms with Gasteiger partial charge in [0.25, 0.3) is 0 Å². The monoisotopic (exact) mass is 341 g/mol. The number of ether oxygens (including phenoxy) is 1. The molecule has 0 aliphatic rings. The summed E-state index contributed by atoms with van der Waals surface area (Å²) in [5.41, 5.74) is 0.586. The molecule has 0 saturated heterocycles. The van der Waals surface area contributed by atoms with Crippen molar-refractivity contribution in [3.05, 3.63) is 22.8 Å². The topological polar surface area (TPSA) is 103 Å². The van der Waals surface area contributed by atoms with E-state index in [1.165, 1.54) is 11.8 Å². The first-order valence-corrected chi connectivity index (χ1v) is 6.52. The van der Waals surface area contributed by atoms with Crippen LogP contribution in [0.2, 0.25) is 0 Å². The highest BCUT2D eigenvalue weighted by Crippen LogP contribution is 2.23. The minimum atomic E-state index is -0.939. The van der Waals surface area contributed by atoms with Crippen LogP contribution in [0.15, 0.2) is 22.8 Å². The zero-order chi connectivity index (χ0) is 14.5. The fourth-order valence-electron chi connectivity index (χ4n) is 1.66. The van der Waals surface area contributed by atoms with Crippen molar-refractivity contribution in [1.82, 2.24) is 25.2 Å². The first-order chi connectivity index (χ1) is 9.61. The van der Waals surface area contributed by atoms with Crippen LogP contribution in [-0.4, -0.2) is 49.5 Å². The second-order valence-electron chi connectivity index (χ2n) is 3.97. The van der Waals surface area contributed by atoms with Gasteiger partial charge in [-0.05, 0) is 38.5 Å². The van der Waals surface area contributed by atoms with Gasteiger partial charge < -0.3 is 9.84 Å². The molecular weight excluding hydrogens is 330 g/mol. The van der Waals surface area contributed by atoms with E-state index in [0.717, 1.165) is 4.47 Å². The molecule has 8 nitrogen and oxygen atoms in total. The Labute approximate surface area is 122 Å². The summed E-state index contributed by atoms with van der Waals surface area (Å²) < 4.78 is 7.36. The lowest BCUT2D eigenvalue weighted by molar-refractivity contribution is -0.139. The summed E-state index contributed by atoms with van der Waals surface area (Å²) in [5.74, 6) is -0.490. The number of rotatable bonds is 6. The van der Waals surface area contributed by atoms with E-state index in [0.29, 0.717) is 11.5 Å². The Kier molecular flexibility index (Phi) is 4.74. The van der Waals surface area contributed by atoms with Gasteiger partial charge in [0, 0.05) is 17.8 Å². The number of hydrogen-bond donors (Lipinski definition) is 1. The van der Waals surface area contributed by atoms with E-state index < -0.39 is 12.1 Å². The number of aromatic nitrogens is 5. The highest BCUT2D eigenvalue weighted by Gasteiger charge is 2.19. The maximum atomic E-state index is 10.7. The minimum absolute atomic E-state index is 0.126. The van der Waals surface area contributed by atoms with Crippen molar-refractivity contribution in [1.29, 1.82) is 0 Å². The lowest BCUT2D eigenvalue weighted by atomic mass is 10.2. The van der Waals surface area contributed by atoms with Gasteiger partial charge >= 0.3 is 5.97 Å². The molecule has 0 spiro atoms. The number of hydrogen-bond acceptors (Lipinski definition) is 6. The molecule has 20 heavy (non-hydrogen) atoms. The predicted molar refractivity (Wildman–Crippen MR) is 71.8 cm³/mol. The lowest BCUT2D eigenvalue weighted by Crippen LogP contribution is -2.23. The second-order valence-corrected chi connectivity index (χ2v) is 4.83. The molecule has 0 fully saturated rings. The van der Waals surface area contributed by atoms with E-state index in [9.17, 15) is 4.79 Å². The van der Waals surface area contributed by atoms with E-state index in [4.69, 9.17) is 9.84 Å². The van der Waals surface area contributed by atoms with Crippen LogP contribution in [0, 0.1) is 0 Å². The van der Waals surface area contributed by atoms with Gasteiger partial charge in [-0.1, -0.05) is 0 Å². The van der Waals surface area contributed by atoms with Crippen molar-refractivity contribution in [3.63, 3.8) is 0 Å². The summed E-state index contributed by atoms with van der Waals surface area (Å²) in [6.45, 7) is 0.230. The van der Waals surface area contributed by atoms with Gasteiger partial charge in [-0.15, -0.1) is 5.10 Å². The molecule has 0 amide bonds. The molecular formula is C11H12BrN5O3. The number of carbonyl (C=O) groups is 1. The molecule has 9 heteroatoms. The number of tetrazole rings is 1. The van der Waals surface area contributed by atoms with Gasteiger partial charge in [0.05, 0.1) is 19.1 Å². The first kappa shape index (κ1) is 14.5. The predicted octanol–water partition coefficient (Wildman–Crippen LogP) is 0.987. The van der Waals surface area contributed by atoms with Crippen LogP contribution >= 0.6 is 15.9 Å². The molecule has 1 atom stereocenters. The highest BCUT2D eigenvalue weighted by molar-refractivity contribution is 9.10. The summed E-state index contributed by atoms with van der Waals surface area (Å²) in [4.78, 5) is 15.0. The molecule has 2 aromatic rings. The molecule has 2 rings (SSSR count). The molecule has 0 aliphatic carbocycles. The third-order valence-electron chi connectivity index (χ3n) is 2.61. The Morgan fingerprint density at radius 2 is 2.40 bits per heavy atom. The summed E-state index contributed by atoms with van der Waals surface area (Å²) in [7, 11) is 1.45. The lowest BCUT2D eigenvalue weighted by Gasteiger charge is -2.13. The maximum absolute atomic E-state index is 10.7. The van der Waals surface area contributed by atoms with E-state index in [-0.39, 0.29) is 13.0 Å². The number of methoxy groups -OCH3 is 1. The first-order valence-electron chi connectivity index (χ1n) is 5.73. The van der Waals surface area contributed by atoms with Crippen molar-refractivity contribution in [2.45, 2.75) is 19.1 Å². The summed E-state index contributed by atoms with van der Waals surface area (Å²) in [6.07, 6.45) is 0.987. The fraction of sp³-hybridized carbons (Fsp3) is 0.364. The summed E-state index contributed by atoms with van der Waals surface area (Å²) in [6, 6.07) is 3.61. The quantitative estimate of drug-likeness (QED) is 0.835. The van der Waals surface area contributed by atoms with Gasteiger partial charge in [0.15, 0.2) is 0 Å². The molecule has 0 radical (unpaired) electrons. The van der Waals surface area contributed by atoms with Crippen LogP contribution in [0.3, 0.4) is 0 Å². The van der Waals surface area contributed by atoms with Crippen LogP contribution < -0.4 is 0 Å². The average Bonchev–Trinajstić information content (AvgIpc) is 2.86. The van der Waals surface area contributed by atoms with Crippen LogP contribution in [0.25, 0.3) is 11.5 Å². The van der Waals surface area contributed by atoms with Crippen molar-refractivity contribution in [3.8, 4) is 11.5 Å². The Morgan fingerprint density at radius 1 is 1.60 bits per heavy atom. The Bertz CT molecular complexity index is 603. The average molecular weight is 342 g/mol. The normalized spacial score (nSPS) is 12.3. The molecule has 0 aromatic carbocycles. The van der Waals surface area contributed by atoms with Crippen LogP contribution in [-0.2, 0) is 16.1 Å². The van der Waals surface area contributed by atoms with E-state index in [2.05, 4.69) is 36.4 Å². The Hall–Kier alpha value is -1.87. The molecule has 106 valence electrons. The molecule has 0 saturated carbocycles. The van der Waals surface area contributed by atoms with Gasteiger partial charge in [-0.25, -0.2) is 4.68 Å². The van der Waals surface area contributed by atoms with E-state index in [1.807, 2.05) is 6.07 Å². The van der Waals surface area contributed by atoms with Crippen molar-refractivity contribution < 1.29 is 14.6 Å². The zero-order valence-electron chi connectivity index (χ0n) is 10.6. The van der Waals surface area contributed by atoms with Crippen molar-refractivity contribution in [2.24, 2.45) is 0 Å². The molecule has 1 unspecified atom stereocenters. The number of aliphatic carboxylic acids is 1. The fourth-order valence-corrected chi connectivity index (χ4v) is 2.09. The second kappa shape index (κ2) is 6.53. The highest BCUT2D eigenvalue weighted by atomic mass is 79.9. The molecule has 1 N–H and O–H groups in total. The van der Waals surface area contributed by atoms with Crippen molar-refractivity contribution in [2.75, 3.05) is 7.11 Å². The van der Waals surface area contributed by atoms with Gasteiger partial charge in [-0.2, -0.15) is 0 Å². The molecule has 2 aromatic heterocycles. The summed E-state index contributed by atoms with van der Waals surface area (Å²) >= 11 is 3.38. The van der Waals surface area contributed by atoms with Crippen LogP contribution in [0.4, 0.5) is 0 Å². The van der Waals surface area contributed by atoms with Crippen LogP contribution in [0.1, 0.15) is 6.42 Å². The van der Waals surface area contributed by atoms with Gasteiger partial charge in [0.2, 0.25) is 5.82 Å². The smallest absolute Gasteiger partial charge is 0.306 e. The third-order valence-corrected chi connectivity index (χ3v) is 3.25. The van der Waals surface area contributed by atoms with E-state index >= 15 is 0 Å². The van der Waals surface area contributed by atoms with Crippen LogP contribution in [0.5, 0.6) is 0 Å². The van der Waals surface area contributed by atoms with Gasteiger partial charge in [0.1, 0.15) is 5.69 Å². The number of carboxylic acids is 1. The number of halogens is 1. The van der Waals surface area contributed by atoms with E-state index in [1.54, 1.807) is 12.3 Å². The Morgan fingerprint density at radius 3 is 3.05 bits per heavy atom. The SMILES string of the molecule is COC(CC(=O)O)Cn1nnnc1-c1ncccc1Br. The zero-order valence-corrected chi connectivity index (χ0v) is 12.2. The number of pyridine rings is 1. The molecule has 2 heterocycles. The standard InChI is InChI=1S/C11H12BrN5O3/c1-20-7(5-9(18)19)6-17-11(14-15-16-17)10-8(12)3-2-4-13-10/h2-4,7H,5-6H2,1H3,(H,18,19). The summed E-state index contributed by atoms with van der Waals surface area (Å²) in [5, 5.41) is 20.2. The third kappa shape index (κ3) is 3.36. The Balaban J connectivity index is 2.25. The van der Waals surface area contributed by atoms with Gasteiger partial charge in [-0.3, -0.25) is 9.78 Å². The number of nitrogens with zero attached hydrogens (tertiary/aromatic N) is 5. The minimum Gasteiger partial charge on any atom is -0.481 e. The molecule has 0 bridgehead atoms. The maximum Gasteiger partial charge on any atom is 0.306 e. The number of carboxylic acid groups (broad SMARTS) is 1. The molecule has 0 aliphatic heterocycles.